The van der Waals surface area contributed by atoms with Gasteiger partial charge in [-0.05, 0) is 37.6 Å². The summed E-state index contributed by atoms with van der Waals surface area (Å²) in [6.45, 7) is 4.96. The molecule has 0 unspecified atom stereocenters. The van der Waals surface area contributed by atoms with Crippen LogP contribution < -0.4 is 14.8 Å². The molecule has 0 spiro atoms. The molecule has 0 bridgehead atoms. The van der Waals surface area contributed by atoms with Gasteiger partial charge in [-0.15, -0.1) is 0 Å². The van der Waals surface area contributed by atoms with Crippen molar-refractivity contribution in [1.82, 2.24) is 15.1 Å². The smallest absolute Gasteiger partial charge is 0.161 e. The van der Waals surface area contributed by atoms with Crippen LogP contribution in [0.4, 0.5) is 0 Å². The highest BCUT2D eigenvalue weighted by Gasteiger charge is 2.02. The minimum atomic E-state index is 0.622. The Balaban J connectivity index is 1.63. The van der Waals surface area contributed by atoms with Crippen molar-refractivity contribution in [3.63, 3.8) is 0 Å². The maximum Gasteiger partial charge on any atom is 0.161 e. The van der Waals surface area contributed by atoms with Gasteiger partial charge in [0.2, 0.25) is 0 Å². The van der Waals surface area contributed by atoms with Crippen LogP contribution in [0.2, 0.25) is 0 Å². The van der Waals surface area contributed by atoms with E-state index in [1.54, 1.807) is 0 Å². The zero-order valence-electron chi connectivity index (χ0n) is 12.7. The third-order valence-electron chi connectivity index (χ3n) is 3.03. The number of aromatic nitrogens is 2. The Hall–Kier alpha value is -2.01. The highest BCUT2D eigenvalue weighted by atomic mass is 16.5. The SMILES string of the molecule is CCOc1ccccc1OCCNCCc1cnn(C)c1. The molecule has 1 heterocycles. The lowest BCUT2D eigenvalue weighted by Crippen LogP contribution is -2.23. The molecule has 0 aliphatic carbocycles. The molecule has 0 saturated heterocycles. The summed E-state index contributed by atoms with van der Waals surface area (Å²) in [7, 11) is 1.93. The predicted octanol–water partition coefficient (Wildman–Crippen LogP) is 2.03. The van der Waals surface area contributed by atoms with E-state index in [0.29, 0.717) is 13.2 Å². The molecule has 0 aliphatic rings. The fourth-order valence-corrected chi connectivity index (χ4v) is 2.04. The lowest BCUT2D eigenvalue weighted by atomic mass is 10.2. The number of benzene rings is 1. The molecule has 2 aromatic rings. The summed E-state index contributed by atoms with van der Waals surface area (Å²) in [6.07, 6.45) is 4.91. The van der Waals surface area contributed by atoms with Crippen molar-refractivity contribution in [2.24, 2.45) is 7.05 Å². The zero-order chi connectivity index (χ0) is 14.9. The van der Waals surface area contributed by atoms with E-state index in [-0.39, 0.29) is 0 Å². The third kappa shape index (κ3) is 5.11. The Kier molecular flexibility index (Phi) is 6.09. The van der Waals surface area contributed by atoms with E-state index in [1.165, 1.54) is 5.56 Å². The molecule has 1 aromatic heterocycles. The van der Waals surface area contributed by atoms with E-state index < -0.39 is 0 Å². The topological polar surface area (TPSA) is 48.3 Å². The standard InChI is InChI=1S/C16H23N3O2/c1-3-20-15-6-4-5-7-16(15)21-11-10-17-9-8-14-12-18-19(2)13-14/h4-7,12-13,17H,3,8-11H2,1-2H3. The lowest BCUT2D eigenvalue weighted by Gasteiger charge is -2.11. The van der Waals surface area contributed by atoms with Crippen LogP contribution in [-0.4, -0.2) is 36.1 Å². The van der Waals surface area contributed by atoms with Gasteiger partial charge >= 0.3 is 0 Å². The molecule has 0 atom stereocenters. The second-order valence-corrected chi connectivity index (χ2v) is 4.75. The van der Waals surface area contributed by atoms with Gasteiger partial charge < -0.3 is 14.8 Å². The number of rotatable bonds is 9. The molecular formula is C16H23N3O2. The van der Waals surface area contributed by atoms with E-state index in [2.05, 4.69) is 10.4 Å². The van der Waals surface area contributed by atoms with Gasteiger partial charge in [0.25, 0.3) is 0 Å². The molecule has 5 nitrogen and oxygen atoms in total. The van der Waals surface area contributed by atoms with Crippen LogP contribution in [0.5, 0.6) is 11.5 Å². The molecule has 5 heteroatoms. The number of ether oxygens (including phenoxy) is 2. The molecule has 0 amide bonds. The molecule has 1 aromatic carbocycles. The summed E-state index contributed by atoms with van der Waals surface area (Å²) in [4.78, 5) is 0. The van der Waals surface area contributed by atoms with E-state index in [0.717, 1.165) is 31.0 Å². The first-order valence-electron chi connectivity index (χ1n) is 7.32. The van der Waals surface area contributed by atoms with Gasteiger partial charge in [0.05, 0.1) is 12.8 Å². The quantitative estimate of drug-likeness (QED) is 0.718. The number of hydrogen-bond donors (Lipinski definition) is 1. The fraction of sp³-hybridized carbons (Fsp3) is 0.438. The van der Waals surface area contributed by atoms with Crippen molar-refractivity contribution in [2.45, 2.75) is 13.3 Å². The zero-order valence-corrected chi connectivity index (χ0v) is 12.7. The third-order valence-corrected chi connectivity index (χ3v) is 3.03. The van der Waals surface area contributed by atoms with Crippen LogP contribution in [0.3, 0.4) is 0 Å². The number of nitrogens with zero attached hydrogens (tertiary/aromatic N) is 2. The van der Waals surface area contributed by atoms with Gasteiger partial charge in [0.15, 0.2) is 11.5 Å². The van der Waals surface area contributed by atoms with Crippen molar-refractivity contribution in [3.05, 3.63) is 42.2 Å². The van der Waals surface area contributed by atoms with Gasteiger partial charge in [0, 0.05) is 19.8 Å². The molecule has 1 N–H and O–H groups in total. The first-order chi connectivity index (χ1) is 10.3. The number of para-hydroxylation sites is 2. The van der Waals surface area contributed by atoms with E-state index in [4.69, 9.17) is 9.47 Å². The molecule has 0 saturated carbocycles. The second kappa shape index (κ2) is 8.32. The molecular weight excluding hydrogens is 266 g/mol. The van der Waals surface area contributed by atoms with Gasteiger partial charge in [0.1, 0.15) is 6.61 Å². The van der Waals surface area contributed by atoms with Crippen molar-refractivity contribution < 1.29 is 9.47 Å². The van der Waals surface area contributed by atoms with Crippen molar-refractivity contribution in [3.8, 4) is 11.5 Å². The number of nitrogens with one attached hydrogen (secondary N) is 1. The van der Waals surface area contributed by atoms with Crippen LogP contribution >= 0.6 is 0 Å². The summed E-state index contributed by atoms with van der Waals surface area (Å²) in [5, 5.41) is 7.51. The Morgan fingerprint density at radius 3 is 2.57 bits per heavy atom. The first kappa shape index (κ1) is 15.4. The maximum absolute atomic E-state index is 5.74. The van der Waals surface area contributed by atoms with E-state index in [9.17, 15) is 0 Å². The summed E-state index contributed by atoms with van der Waals surface area (Å²) >= 11 is 0. The van der Waals surface area contributed by atoms with Gasteiger partial charge in [-0.1, -0.05) is 12.1 Å². The number of hydrogen-bond acceptors (Lipinski definition) is 4. The number of aryl methyl sites for hydroxylation is 1. The molecule has 2 rings (SSSR count). The van der Waals surface area contributed by atoms with E-state index in [1.807, 2.05) is 55.3 Å². The van der Waals surface area contributed by atoms with Gasteiger partial charge in [-0.25, -0.2) is 0 Å². The fourth-order valence-electron chi connectivity index (χ4n) is 2.04. The van der Waals surface area contributed by atoms with Crippen molar-refractivity contribution in [1.29, 1.82) is 0 Å². The molecule has 0 aliphatic heterocycles. The molecule has 114 valence electrons. The first-order valence-corrected chi connectivity index (χ1v) is 7.32. The van der Waals surface area contributed by atoms with Crippen LogP contribution in [-0.2, 0) is 13.5 Å². The maximum atomic E-state index is 5.74. The summed E-state index contributed by atoms with van der Waals surface area (Å²) in [6, 6.07) is 7.76. The average Bonchev–Trinajstić information content (AvgIpc) is 2.90. The summed E-state index contributed by atoms with van der Waals surface area (Å²) in [5.41, 5.74) is 1.24. The second-order valence-electron chi connectivity index (χ2n) is 4.75. The van der Waals surface area contributed by atoms with Crippen molar-refractivity contribution in [2.75, 3.05) is 26.3 Å². The highest BCUT2D eigenvalue weighted by Crippen LogP contribution is 2.25. The Labute approximate surface area is 125 Å². The Bertz CT molecular complexity index is 540. The van der Waals surface area contributed by atoms with Gasteiger partial charge in [-0.3, -0.25) is 4.68 Å². The normalized spacial score (nSPS) is 10.6. The van der Waals surface area contributed by atoms with Crippen LogP contribution in [0.1, 0.15) is 12.5 Å². The minimum Gasteiger partial charge on any atom is -0.490 e. The minimum absolute atomic E-state index is 0.622. The monoisotopic (exact) mass is 289 g/mol. The summed E-state index contributed by atoms with van der Waals surface area (Å²) < 4.78 is 13.1. The van der Waals surface area contributed by atoms with Crippen LogP contribution in [0.15, 0.2) is 36.7 Å². The molecule has 21 heavy (non-hydrogen) atoms. The van der Waals surface area contributed by atoms with E-state index >= 15 is 0 Å². The predicted molar refractivity (Wildman–Crippen MR) is 82.9 cm³/mol. The molecule has 0 radical (unpaired) electrons. The highest BCUT2D eigenvalue weighted by molar-refractivity contribution is 5.39. The Morgan fingerprint density at radius 1 is 1.14 bits per heavy atom. The molecule has 0 fully saturated rings. The van der Waals surface area contributed by atoms with Crippen LogP contribution in [0.25, 0.3) is 0 Å². The Morgan fingerprint density at radius 2 is 1.90 bits per heavy atom. The van der Waals surface area contributed by atoms with Gasteiger partial charge in [-0.2, -0.15) is 5.10 Å². The van der Waals surface area contributed by atoms with Crippen molar-refractivity contribution >= 4 is 0 Å². The van der Waals surface area contributed by atoms with Crippen LogP contribution in [0, 0.1) is 0 Å². The summed E-state index contributed by atoms with van der Waals surface area (Å²) in [5.74, 6) is 1.60. The largest absolute Gasteiger partial charge is 0.490 e. The average molecular weight is 289 g/mol. The lowest BCUT2D eigenvalue weighted by molar-refractivity contribution is 0.276.